The highest BCUT2D eigenvalue weighted by atomic mass is 32.1. The van der Waals surface area contributed by atoms with Crippen molar-refractivity contribution >= 4 is 45.5 Å². The Kier molecular flexibility index (Phi) is 5.25. The average molecular weight is 419 g/mol. The van der Waals surface area contributed by atoms with E-state index in [1.807, 2.05) is 5.38 Å². The molecule has 3 N–H and O–H groups in total. The average Bonchev–Trinajstić information content (AvgIpc) is 3.34. The van der Waals surface area contributed by atoms with E-state index in [-0.39, 0.29) is 0 Å². The molecular formula is C20H22N2O4S2. The minimum atomic E-state index is -0.968. The van der Waals surface area contributed by atoms with Gasteiger partial charge in [-0.2, -0.15) is 0 Å². The minimum absolute atomic E-state index is 0.399. The molecule has 2 aromatic rings. The van der Waals surface area contributed by atoms with Crippen molar-refractivity contribution in [3.63, 3.8) is 0 Å². The zero-order chi connectivity index (χ0) is 19.8. The number of fused-ring (bicyclic) bond motifs is 2. The molecule has 0 spiro atoms. The van der Waals surface area contributed by atoms with Crippen LogP contribution >= 0.6 is 22.7 Å². The smallest absolute Gasteiger partial charge is 0.340 e. The summed E-state index contributed by atoms with van der Waals surface area (Å²) in [6.07, 6.45) is 5.82. The first-order valence-corrected chi connectivity index (χ1v) is 11.2. The molecule has 0 fully saturated rings. The van der Waals surface area contributed by atoms with Crippen molar-refractivity contribution in [3.8, 4) is 0 Å². The van der Waals surface area contributed by atoms with Gasteiger partial charge in [0.15, 0.2) is 6.10 Å². The number of hydrogen-bond donors (Lipinski definition) is 2. The predicted molar refractivity (Wildman–Crippen MR) is 109 cm³/mol. The number of rotatable bonds is 5. The largest absolute Gasteiger partial charge is 0.449 e. The Morgan fingerprint density at radius 1 is 1.07 bits per heavy atom. The summed E-state index contributed by atoms with van der Waals surface area (Å²) >= 11 is 2.97. The molecule has 1 unspecified atom stereocenters. The number of carbonyl (C=O) groups excluding carboxylic acids is 3. The zero-order valence-electron chi connectivity index (χ0n) is 15.6. The van der Waals surface area contributed by atoms with Crippen molar-refractivity contribution in [2.24, 2.45) is 5.73 Å². The molecule has 0 aliphatic heterocycles. The first kappa shape index (κ1) is 19.1. The molecule has 2 aromatic heterocycles. The Morgan fingerprint density at radius 3 is 2.57 bits per heavy atom. The lowest BCUT2D eigenvalue weighted by molar-refractivity contribution is -0.123. The van der Waals surface area contributed by atoms with E-state index in [9.17, 15) is 14.4 Å². The predicted octanol–water partition coefficient (Wildman–Crippen LogP) is 3.46. The number of nitrogens with two attached hydrogens (primary N) is 1. The van der Waals surface area contributed by atoms with E-state index >= 15 is 0 Å². The standard InChI is InChI=1S/C20H22N2O4S2/c1-10(26-20(25)13-9-27-14-7-3-2-5-11(13)14)18(24)22-19-16(17(21)23)12-6-4-8-15(12)28-19/h9-10H,2-8H2,1H3,(H2,21,23)(H,22,24). The van der Waals surface area contributed by atoms with Gasteiger partial charge in [-0.15, -0.1) is 22.7 Å². The number of carbonyl (C=O) groups is 3. The topological polar surface area (TPSA) is 98.5 Å². The van der Waals surface area contributed by atoms with Crippen LogP contribution in [0.3, 0.4) is 0 Å². The second-order valence-corrected chi connectivity index (χ2v) is 9.29. The van der Waals surface area contributed by atoms with Crippen LogP contribution in [0.2, 0.25) is 0 Å². The summed E-state index contributed by atoms with van der Waals surface area (Å²) in [5.74, 6) is -1.46. The third-order valence-corrected chi connectivity index (χ3v) is 7.63. The van der Waals surface area contributed by atoms with E-state index in [1.165, 1.54) is 23.1 Å². The van der Waals surface area contributed by atoms with Crippen molar-refractivity contribution in [2.75, 3.05) is 5.32 Å². The van der Waals surface area contributed by atoms with Crippen LogP contribution in [0.25, 0.3) is 0 Å². The third kappa shape index (κ3) is 3.46. The first-order valence-electron chi connectivity index (χ1n) is 9.51. The molecule has 148 valence electrons. The molecule has 2 aliphatic rings. The van der Waals surface area contributed by atoms with Crippen LogP contribution < -0.4 is 11.1 Å². The fourth-order valence-electron chi connectivity index (χ4n) is 3.91. The van der Waals surface area contributed by atoms with E-state index in [2.05, 4.69) is 5.32 Å². The van der Waals surface area contributed by atoms with Crippen LogP contribution in [0.1, 0.15) is 67.8 Å². The maximum absolute atomic E-state index is 12.6. The van der Waals surface area contributed by atoms with Crippen molar-refractivity contribution in [2.45, 2.75) is 58.0 Å². The molecule has 0 radical (unpaired) electrons. The van der Waals surface area contributed by atoms with E-state index in [4.69, 9.17) is 10.5 Å². The molecule has 2 heterocycles. The van der Waals surface area contributed by atoms with Crippen LogP contribution in [-0.4, -0.2) is 23.9 Å². The summed E-state index contributed by atoms with van der Waals surface area (Å²) in [5.41, 5.74) is 8.52. The van der Waals surface area contributed by atoms with Gasteiger partial charge in [0.25, 0.3) is 11.8 Å². The van der Waals surface area contributed by atoms with E-state index in [0.717, 1.165) is 60.9 Å². The van der Waals surface area contributed by atoms with Gasteiger partial charge in [-0.05, 0) is 63.0 Å². The fraction of sp³-hybridized carbons (Fsp3) is 0.450. The first-order chi connectivity index (χ1) is 13.5. The third-order valence-electron chi connectivity index (χ3n) is 5.34. The zero-order valence-corrected chi connectivity index (χ0v) is 17.3. The van der Waals surface area contributed by atoms with Gasteiger partial charge in [-0.3, -0.25) is 9.59 Å². The van der Waals surface area contributed by atoms with Crippen LogP contribution in [0.5, 0.6) is 0 Å². The normalized spacial score (nSPS) is 16.2. The Labute approximate surface area is 171 Å². The Morgan fingerprint density at radius 2 is 1.79 bits per heavy atom. The monoisotopic (exact) mass is 418 g/mol. The van der Waals surface area contributed by atoms with E-state index in [1.54, 1.807) is 11.3 Å². The van der Waals surface area contributed by atoms with Gasteiger partial charge < -0.3 is 15.8 Å². The molecule has 6 nitrogen and oxygen atoms in total. The molecule has 0 aromatic carbocycles. The molecule has 2 amide bonds. The van der Waals surface area contributed by atoms with Gasteiger partial charge in [0.2, 0.25) is 0 Å². The number of primary amides is 1. The minimum Gasteiger partial charge on any atom is -0.449 e. The molecule has 0 bridgehead atoms. The molecule has 4 rings (SSSR count). The quantitative estimate of drug-likeness (QED) is 0.727. The number of hydrogen-bond acceptors (Lipinski definition) is 6. The molecule has 2 aliphatic carbocycles. The van der Waals surface area contributed by atoms with Gasteiger partial charge in [-0.25, -0.2) is 4.79 Å². The summed E-state index contributed by atoms with van der Waals surface area (Å²) in [6.45, 7) is 1.54. The number of nitrogens with one attached hydrogen (secondary N) is 1. The fourth-order valence-corrected chi connectivity index (χ4v) is 6.32. The highest BCUT2D eigenvalue weighted by molar-refractivity contribution is 7.17. The maximum atomic E-state index is 12.6. The molecule has 0 saturated heterocycles. The lowest BCUT2D eigenvalue weighted by Gasteiger charge is -2.15. The number of ether oxygens (including phenoxy) is 1. The summed E-state index contributed by atoms with van der Waals surface area (Å²) < 4.78 is 5.42. The summed E-state index contributed by atoms with van der Waals surface area (Å²) in [5, 5.41) is 5.03. The van der Waals surface area contributed by atoms with Crippen LogP contribution in [-0.2, 0) is 35.2 Å². The molecule has 28 heavy (non-hydrogen) atoms. The summed E-state index contributed by atoms with van der Waals surface area (Å²) in [4.78, 5) is 39.3. The lowest BCUT2D eigenvalue weighted by atomic mass is 9.96. The van der Waals surface area contributed by atoms with Crippen molar-refractivity contribution in [1.82, 2.24) is 0 Å². The van der Waals surface area contributed by atoms with E-state index in [0.29, 0.717) is 16.1 Å². The Hall–Kier alpha value is -2.19. The van der Waals surface area contributed by atoms with Crippen molar-refractivity contribution < 1.29 is 19.1 Å². The second kappa shape index (κ2) is 7.67. The van der Waals surface area contributed by atoms with E-state index < -0.39 is 23.9 Å². The highest BCUT2D eigenvalue weighted by Crippen LogP contribution is 2.39. The van der Waals surface area contributed by atoms with Gasteiger partial charge in [0, 0.05) is 15.1 Å². The van der Waals surface area contributed by atoms with Gasteiger partial charge >= 0.3 is 5.97 Å². The van der Waals surface area contributed by atoms with Gasteiger partial charge in [0.05, 0.1) is 11.1 Å². The Bertz CT molecular complexity index is 960. The number of anilines is 1. The summed E-state index contributed by atoms with van der Waals surface area (Å²) in [6, 6.07) is 0. The van der Waals surface area contributed by atoms with Gasteiger partial charge in [0.1, 0.15) is 5.00 Å². The SMILES string of the molecule is CC(OC(=O)c1csc2c1CCCC2)C(=O)Nc1sc2c(c1C(N)=O)CCC2. The lowest BCUT2D eigenvalue weighted by Crippen LogP contribution is -2.30. The van der Waals surface area contributed by atoms with Crippen molar-refractivity contribution in [3.05, 3.63) is 37.4 Å². The number of esters is 1. The van der Waals surface area contributed by atoms with Crippen LogP contribution in [0, 0.1) is 0 Å². The molecule has 0 saturated carbocycles. The maximum Gasteiger partial charge on any atom is 0.340 e. The molecule has 1 atom stereocenters. The van der Waals surface area contributed by atoms with Crippen LogP contribution in [0.4, 0.5) is 5.00 Å². The van der Waals surface area contributed by atoms with Crippen LogP contribution in [0.15, 0.2) is 5.38 Å². The second-order valence-electron chi connectivity index (χ2n) is 7.22. The summed E-state index contributed by atoms with van der Waals surface area (Å²) in [7, 11) is 0. The number of thiophene rings is 2. The van der Waals surface area contributed by atoms with Crippen molar-refractivity contribution in [1.29, 1.82) is 0 Å². The van der Waals surface area contributed by atoms with Gasteiger partial charge in [-0.1, -0.05) is 0 Å². The number of amides is 2. The Balaban J connectivity index is 1.45. The molecule has 8 heteroatoms. The molecular weight excluding hydrogens is 396 g/mol. The number of aryl methyl sites for hydroxylation is 2. The highest BCUT2D eigenvalue weighted by Gasteiger charge is 2.29.